The Morgan fingerprint density at radius 3 is 2.09 bits per heavy atom. The molecule has 0 fully saturated rings. The van der Waals surface area contributed by atoms with Crippen LogP contribution in [0.4, 0.5) is 27.6 Å². The average Bonchev–Trinajstić information content (AvgIpc) is 3.07. The zero-order valence-electron chi connectivity index (χ0n) is 11.0. The van der Waals surface area contributed by atoms with Crippen LogP contribution in [0.2, 0.25) is 0 Å². The molecule has 0 saturated heterocycles. The van der Waals surface area contributed by atoms with Crippen molar-refractivity contribution in [3.05, 3.63) is 53.2 Å². The van der Waals surface area contributed by atoms with E-state index in [1.165, 1.54) is 17.4 Å². The van der Waals surface area contributed by atoms with Crippen LogP contribution in [0.15, 0.2) is 22.8 Å². The van der Waals surface area contributed by atoms with E-state index >= 15 is 0 Å². The Labute approximate surface area is 124 Å². The minimum atomic E-state index is -2.36. The second kappa shape index (κ2) is 6.46. The number of halogens is 5. The second-order valence-corrected chi connectivity index (χ2v) is 4.05. The van der Waals surface area contributed by atoms with Gasteiger partial charge < -0.3 is 14.5 Å². The Balaban J connectivity index is 2.08. The molecule has 0 aliphatic heterocycles. The van der Waals surface area contributed by atoms with E-state index in [2.05, 4.69) is 9.15 Å². The molecule has 2 rings (SSSR count). The molecule has 1 N–H and O–H groups in total. The lowest BCUT2D eigenvalue weighted by Gasteiger charge is -2.09. The lowest BCUT2D eigenvalue weighted by atomic mass is 10.2. The number of benzene rings is 1. The Morgan fingerprint density at radius 1 is 1.00 bits per heavy atom. The first kappa shape index (κ1) is 16.5. The van der Waals surface area contributed by atoms with Gasteiger partial charge in [0, 0.05) is 0 Å². The molecule has 0 aliphatic rings. The summed E-state index contributed by atoms with van der Waals surface area (Å²) in [5, 5.41) is 1.44. The van der Waals surface area contributed by atoms with Crippen LogP contribution in [-0.4, -0.2) is 18.5 Å². The normalized spacial score (nSPS) is 10.5. The molecule has 1 aromatic heterocycles. The van der Waals surface area contributed by atoms with Crippen molar-refractivity contribution in [2.24, 2.45) is 0 Å². The number of esters is 1. The number of carbonyl (C=O) groups is 2. The van der Waals surface area contributed by atoms with E-state index in [0.29, 0.717) is 0 Å². The predicted octanol–water partition coefficient (Wildman–Crippen LogP) is 2.77. The fraction of sp³-hybridized carbons (Fsp3) is 0.0769. The van der Waals surface area contributed by atoms with E-state index in [9.17, 15) is 31.5 Å². The highest BCUT2D eigenvalue weighted by molar-refractivity contribution is 5.94. The van der Waals surface area contributed by atoms with E-state index in [1.54, 1.807) is 0 Å². The number of hydrogen-bond acceptors (Lipinski definition) is 4. The molecule has 1 heterocycles. The van der Waals surface area contributed by atoms with Crippen LogP contribution in [0.1, 0.15) is 10.6 Å². The van der Waals surface area contributed by atoms with Crippen LogP contribution in [0.5, 0.6) is 0 Å². The minimum Gasteiger partial charge on any atom is -0.457 e. The summed E-state index contributed by atoms with van der Waals surface area (Å²) in [6.45, 7) is -1.03. The molecule has 5 nitrogen and oxygen atoms in total. The van der Waals surface area contributed by atoms with Gasteiger partial charge in [0.2, 0.25) is 11.6 Å². The van der Waals surface area contributed by atoms with E-state index in [-0.39, 0.29) is 5.76 Å². The van der Waals surface area contributed by atoms with Gasteiger partial charge in [0.1, 0.15) is 5.69 Å². The van der Waals surface area contributed by atoms with Gasteiger partial charge in [-0.15, -0.1) is 0 Å². The summed E-state index contributed by atoms with van der Waals surface area (Å²) < 4.78 is 74.5. The van der Waals surface area contributed by atoms with Crippen molar-refractivity contribution in [1.82, 2.24) is 0 Å². The summed E-state index contributed by atoms with van der Waals surface area (Å²) in [7, 11) is 0. The number of anilines is 1. The summed E-state index contributed by atoms with van der Waals surface area (Å²) in [4.78, 5) is 22.7. The zero-order valence-corrected chi connectivity index (χ0v) is 11.0. The minimum absolute atomic E-state index is 0.242. The van der Waals surface area contributed by atoms with E-state index < -0.39 is 53.3 Å². The van der Waals surface area contributed by atoms with Crippen LogP contribution >= 0.6 is 0 Å². The highest BCUT2D eigenvalue weighted by Crippen LogP contribution is 2.26. The van der Waals surface area contributed by atoms with Gasteiger partial charge in [-0.05, 0) is 12.1 Å². The largest absolute Gasteiger partial charge is 0.457 e. The Morgan fingerprint density at radius 2 is 1.57 bits per heavy atom. The molecule has 0 spiro atoms. The molecule has 10 heteroatoms. The van der Waals surface area contributed by atoms with E-state index in [0.717, 1.165) is 6.26 Å². The molecular weight excluding hydrogens is 329 g/mol. The summed E-state index contributed by atoms with van der Waals surface area (Å²) in [6, 6.07) is 2.59. The van der Waals surface area contributed by atoms with Crippen LogP contribution in [0, 0.1) is 29.1 Å². The standard InChI is InChI=1S/C13H6F5NO4/c14-7-8(15)10(17)12(11(18)9(7)16)19-6(20)4-23-13(21)5-2-1-3-22-5/h1-3H,4H2,(H,19,20). The van der Waals surface area contributed by atoms with Crippen molar-refractivity contribution in [3.8, 4) is 0 Å². The summed E-state index contributed by atoms with van der Waals surface area (Å²) in [6.07, 6.45) is 1.16. The number of rotatable bonds is 4. The van der Waals surface area contributed by atoms with Crippen LogP contribution < -0.4 is 5.32 Å². The summed E-state index contributed by atoms with van der Waals surface area (Å²) >= 11 is 0. The smallest absolute Gasteiger partial charge is 0.374 e. The Bertz CT molecular complexity index is 731. The first-order chi connectivity index (χ1) is 10.8. The number of ether oxygens (including phenoxy) is 1. The quantitative estimate of drug-likeness (QED) is 0.404. The highest BCUT2D eigenvalue weighted by Gasteiger charge is 2.27. The molecule has 122 valence electrons. The molecule has 0 atom stereocenters. The van der Waals surface area contributed by atoms with Gasteiger partial charge in [0.25, 0.3) is 5.91 Å². The molecule has 0 radical (unpaired) electrons. The third-order valence-electron chi connectivity index (χ3n) is 2.53. The SMILES string of the molecule is O=C(COC(=O)c1ccco1)Nc1c(F)c(F)c(F)c(F)c1F. The molecule has 0 aliphatic carbocycles. The maximum atomic E-state index is 13.3. The number of furan rings is 1. The van der Waals surface area contributed by atoms with Gasteiger partial charge in [-0.25, -0.2) is 26.7 Å². The predicted molar refractivity (Wildman–Crippen MR) is 63.9 cm³/mol. The van der Waals surface area contributed by atoms with Crippen molar-refractivity contribution in [1.29, 1.82) is 0 Å². The van der Waals surface area contributed by atoms with Crippen LogP contribution in [0.3, 0.4) is 0 Å². The molecule has 0 bridgehead atoms. The lowest BCUT2D eigenvalue weighted by molar-refractivity contribution is -0.119. The highest BCUT2D eigenvalue weighted by atomic mass is 19.2. The van der Waals surface area contributed by atoms with E-state index in [1.807, 2.05) is 0 Å². The number of amides is 1. The van der Waals surface area contributed by atoms with Gasteiger partial charge >= 0.3 is 5.97 Å². The van der Waals surface area contributed by atoms with Crippen molar-refractivity contribution in [3.63, 3.8) is 0 Å². The van der Waals surface area contributed by atoms with Gasteiger partial charge in [-0.2, -0.15) is 0 Å². The first-order valence-electron chi connectivity index (χ1n) is 5.84. The molecule has 23 heavy (non-hydrogen) atoms. The molecule has 1 amide bonds. The third-order valence-corrected chi connectivity index (χ3v) is 2.53. The zero-order chi connectivity index (χ0) is 17.1. The van der Waals surface area contributed by atoms with Crippen molar-refractivity contribution >= 4 is 17.6 Å². The molecule has 2 aromatic rings. The molecule has 0 saturated carbocycles. The van der Waals surface area contributed by atoms with Crippen molar-refractivity contribution in [2.45, 2.75) is 0 Å². The topological polar surface area (TPSA) is 68.5 Å². The van der Waals surface area contributed by atoms with Crippen LogP contribution in [-0.2, 0) is 9.53 Å². The van der Waals surface area contributed by atoms with E-state index in [4.69, 9.17) is 0 Å². The van der Waals surface area contributed by atoms with Crippen molar-refractivity contribution < 1.29 is 40.7 Å². The molecular formula is C13H6F5NO4. The molecule has 1 aromatic carbocycles. The Kier molecular flexibility index (Phi) is 4.63. The number of carbonyl (C=O) groups excluding carboxylic acids is 2. The lowest BCUT2D eigenvalue weighted by Crippen LogP contribution is -2.23. The van der Waals surface area contributed by atoms with Gasteiger partial charge in [-0.1, -0.05) is 0 Å². The number of nitrogens with one attached hydrogen (secondary N) is 1. The fourth-order valence-corrected chi connectivity index (χ4v) is 1.49. The van der Waals surface area contributed by atoms with Gasteiger partial charge in [0.15, 0.2) is 29.9 Å². The molecule has 0 unspecified atom stereocenters. The average molecular weight is 335 g/mol. The maximum Gasteiger partial charge on any atom is 0.374 e. The number of hydrogen-bond donors (Lipinski definition) is 1. The summed E-state index contributed by atoms with van der Waals surface area (Å²) in [5.41, 5.74) is -1.54. The first-order valence-corrected chi connectivity index (χ1v) is 5.84. The van der Waals surface area contributed by atoms with Gasteiger partial charge in [-0.3, -0.25) is 4.79 Å². The second-order valence-electron chi connectivity index (χ2n) is 4.05. The third kappa shape index (κ3) is 3.30. The van der Waals surface area contributed by atoms with Gasteiger partial charge in [0.05, 0.1) is 6.26 Å². The monoisotopic (exact) mass is 335 g/mol. The van der Waals surface area contributed by atoms with Crippen molar-refractivity contribution in [2.75, 3.05) is 11.9 Å². The van der Waals surface area contributed by atoms with Crippen LogP contribution in [0.25, 0.3) is 0 Å². The Hall–Kier alpha value is -2.91. The fourth-order valence-electron chi connectivity index (χ4n) is 1.49. The summed E-state index contributed by atoms with van der Waals surface area (Å²) in [5.74, 6) is -13.8. The maximum absolute atomic E-state index is 13.3.